The van der Waals surface area contributed by atoms with Crippen molar-refractivity contribution in [3.63, 3.8) is 0 Å². The van der Waals surface area contributed by atoms with E-state index < -0.39 is 0 Å². The number of thiazole rings is 1. The van der Waals surface area contributed by atoms with Gasteiger partial charge in [0, 0.05) is 17.2 Å². The molecule has 20 heavy (non-hydrogen) atoms. The predicted molar refractivity (Wildman–Crippen MR) is 78.9 cm³/mol. The van der Waals surface area contributed by atoms with Crippen molar-refractivity contribution in [3.05, 3.63) is 52.0 Å². The fraction of sp³-hybridized carbons (Fsp3) is 0.375. The molecule has 0 amide bonds. The topological polar surface area (TPSA) is 39.2 Å². The summed E-state index contributed by atoms with van der Waals surface area (Å²) in [6.07, 6.45) is 3.40. The summed E-state index contributed by atoms with van der Waals surface area (Å²) < 4.78 is 4.66. The Bertz CT molecular complexity index is 602. The van der Waals surface area contributed by atoms with E-state index in [1.54, 1.807) is 11.3 Å². The number of aryl methyl sites for hydroxylation is 1. The highest BCUT2D eigenvalue weighted by Crippen LogP contribution is 2.54. The summed E-state index contributed by atoms with van der Waals surface area (Å²) in [6, 6.07) is 10.6. The highest BCUT2D eigenvalue weighted by molar-refractivity contribution is 7.09. The van der Waals surface area contributed by atoms with Crippen molar-refractivity contribution in [1.82, 2.24) is 4.98 Å². The third-order valence-electron chi connectivity index (χ3n) is 3.85. The first-order valence-corrected chi connectivity index (χ1v) is 7.70. The minimum atomic E-state index is -0.177. The molecule has 0 spiro atoms. The molecule has 0 atom stereocenters. The van der Waals surface area contributed by atoms with Gasteiger partial charge in [0.05, 0.1) is 19.2 Å². The van der Waals surface area contributed by atoms with E-state index in [1.807, 2.05) is 6.07 Å². The minimum absolute atomic E-state index is 0.134. The second-order valence-electron chi connectivity index (χ2n) is 5.17. The van der Waals surface area contributed by atoms with E-state index >= 15 is 0 Å². The first-order valence-electron chi connectivity index (χ1n) is 6.82. The van der Waals surface area contributed by atoms with E-state index in [9.17, 15) is 4.79 Å². The third-order valence-corrected chi connectivity index (χ3v) is 4.95. The first-order chi connectivity index (χ1) is 9.74. The summed E-state index contributed by atoms with van der Waals surface area (Å²) in [5.74, 6) is -0.177. The van der Waals surface area contributed by atoms with Gasteiger partial charge in [-0.2, -0.15) is 0 Å². The first kappa shape index (κ1) is 13.3. The van der Waals surface area contributed by atoms with E-state index in [-0.39, 0.29) is 11.4 Å². The smallest absolute Gasteiger partial charge is 0.305 e. The van der Waals surface area contributed by atoms with Crippen LogP contribution in [0.15, 0.2) is 35.7 Å². The summed E-state index contributed by atoms with van der Waals surface area (Å²) in [7, 11) is 1.42. The van der Waals surface area contributed by atoms with Crippen LogP contribution in [-0.2, 0) is 21.4 Å². The van der Waals surface area contributed by atoms with E-state index in [4.69, 9.17) is 4.98 Å². The number of ether oxygens (including phenoxy) is 1. The molecule has 1 fully saturated rings. The molecule has 4 heteroatoms. The summed E-state index contributed by atoms with van der Waals surface area (Å²) in [4.78, 5) is 15.9. The molecule has 0 saturated heterocycles. The van der Waals surface area contributed by atoms with Crippen LogP contribution in [0.1, 0.15) is 35.5 Å². The quantitative estimate of drug-likeness (QED) is 0.792. The molecule has 2 aromatic rings. The van der Waals surface area contributed by atoms with Crippen LogP contribution in [0.5, 0.6) is 0 Å². The molecule has 3 rings (SSSR count). The molecule has 0 unspecified atom stereocenters. The van der Waals surface area contributed by atoms with Gasteiger partial charge in [-0.05, 0) is 18.4 Å². The highest BCUT2D eigenvalue weighted by Gasteiger charge is 2.48. The number of rotatable bonds is 5. The van der Waals surface area contributed by atoms with Crippen LogP contribution >= 0.6 is 11.3 Å². The van der Waals surface area contributed by atoms with Gasteiger partial charge in [-0.15, -0.1) is 11.3 Å². The van der Waals surface area contributed by atoms with Gasteiger partial charge in [0.15, 0.2) is 0 Å². The zero-order chi connectivity index (χ0) is 14.0. The third kappa shape index (κ3) is 2.48. The zero-order valence-corrected chi connectivity index (χ0v) is 12.3. The second kappa shape index (κ2) is 5.37. The molecule has 0 aliphatic heterocycles. The van der Waals surface area contributed by atoms with Gasteiger partial charge in [0.2, 0.25) is 0 Å². The van der Waals surface area contributed by atoms with Gasteiger partial charge in [-0.25, -0.2) is 4.98 Å². The van der Waals surface area contributed by atoms with E-state index in [2.05, 4.69) is 34.4 Å². The van der Waals surface area contributed by atoms with Crippen LogP contribution in [0.4, 0.5) is 0 Å². The Morgan fingerprint density at radius 1 is 1.35 bits per heavy atom. The average Bonchev–Trinajstić information content (AvgIpc) is 3.18. The fourth-order valence-corrected chi connectivity index (χ4v) is 3.62. The molecular formula is C16H17NO2S. The Labute approximate surface area is 122 Å². The maximum absolute atomic E-state index is 11.2. The Balaban J connectivity index is 1.76. The molecule has 1 aromatic carbocycles. The number of hydrogen-bond donors (Lipinski definition) is 0. The molecule has 0 bridgehead atoms. The number of hydrogen-bond acceptors (Lipinski definition) is 4. The molecule has 1 aliphatic rings. The number of aromatic nitrogens is 1. The van der Waals surface area contributed by atoms with Gasteiger partial charge in [0.1, 0.15) is 5.01 Å². The van der Waals surface area contributed by atoms with E-state index in [1.165, 1.54) is 30.5 Å². The number of nitrogens with zero attached hydrogens (tertiary/aromatic N) is 1. The largest absolute Gasteiger partial charge is 0.469 e. The van der Waals surface area contributed by atoms with Crippen LogP contribution in [0.2, 0.25) is 0 Å². The number of methoxy groups -OCH3 is 1. The monoisotopic (exact) mass is 287 g/mol. The Hall–Kier alpha value is -1.68. The number of carbonyl (C=O) groups is 1. The van der Waals surface area contributed by atoms with Crippen LogP contribution in [-0.4, -0.2) is 18.1 Å². The molecule has 1 saturated carbocycles. The van der Waals surface area contributed by atoms with Crippen molar-refractivity contribution in [2.75, 3.05) is 7.11 Å². The molecule has 1 heterocycles. The lowest BCUT2D eigenvalue weighted by Crippen LogP contribution is -2.08. The molecule has 104 valence electrons. The lowest BCUT2D eigenvalue weighted by Gasteiger charge is -2.12. The zero-order valence-electron chi connectivity index (χ0n) is 11.5. The van der Waals surface area contributed by atoms with E-state index in [0.717, 1.165) is 5.69 Å². The van der Waals surface area contributed by atoms with Crippen molar-refractivity contribution in [2.45, 2.75) is 31.1 Å². The Morgan fingerprint density at radius 2 is 2.10 bits per heavy atom. The summed E-state index contributed by atoms with van der Waals surface area (Å²) >= 11 is 1.71. The van der Waals surface area contributed by atoms with Crippen LogP contribution in [0.25, 0.3) is 0 Å². The van der Waals surface area contributed by atoms with Gasteiger partial charge >= 0.3 is 5.97 Å². The lowest BCUT2D eigenvalue weighted by molar-refractivity contribution is -0.140. The average molecular weight is 287 g/mol. The summed E-state index contributed by atoms with van der Waals surface area (Å²) in [5, 5.41) is 3.25. The molecular weight excluding hydrogens is 270 g/mol. The Morgan fingerprint density at radius 3 is 2.75 bits per heavy atom. The normalized spacial score (nSPS) is 15.8. The SMILES string of the molecule is COC(=O)CCc1csc(C2(c3ccccc3)CC2)n1. The standard InChI is InChI=1S/C16H17NO2S/c1-19-14(18)8-7-13-11-20-15(17-13)16(9-10-16)12-5-3-2-4-6-12/h2-6,11H,7-10H2,1H3. The summed E-state index contributed by atoms with van der Waals surface area (Å²) in [5.41, 5.74) is 2.49. The van der Waals surface area contributed by atoms with Crippen molar-refractivity contribution in [3.8, 4) is 0 Å². The summed E-state index contributed by atoms with van der Waals surface area (Å²) in [6.45, 7) is 0. The fourth-order valence-electron chi connectivity index (χ4n) is 2.48. The maximum atomic E-state index is 11.2. The number of esters is 1. The van der Waals surface area contributed by atoms with E-state index in [0.29, 0.717) is 12.8 Å². The highest BCUT2D eigenvalue weighted by atomic mass is 32.1. The minimum Gasteiger partial charge on any atom is -0.469 e. The molecule has 1 aromatic heterocycles. The van der Waals surface area contributed by atoms with Crippen molar-refractivity contribution in [1.29, 1.82) is 0 Å². The molecule has 0 N–H and O–H groups in total. The van der Waals surface area contributed by atoms with Crippen LogP contribution < -0.4 is 0 Å². The predicted octanol–water partition coefficient (Wildman–Crippen LogP) is 3.33. The number of benzene rings is 1. The maximum Gasteiger partial charge on any atom is 0.305 e. The molecule has 3 nitrogen and oxygen atoms in total. The van der Waals surface area contributed by atoms with Crippen LogP contribution in [0, 0.1) is 0 Å². The van der Waals surface area contributed by atoms with Gasteiger partial charge in [-0.1, -0.05) is 30.3 Å². The van der Waals surface area contributed by atoms with Crippen molar-refractivity contribution in [2.24, 2.45) is 0 Å². The van der Waals surface area contributed by atoms with Gasteiger partial charge in [-0.3, -0.25) is 4.79 Å². The molecule has 0 radical (unpaired) electrons. The van der Waals surface area contributed by atoms with Gasteiger partial charge < -0.3 is 4.74 Å². The second-order valence-corrected chi connectivity index (χ2v) is 6.03. The Kier molecular flexibility index (Phi) is 3.57. The molecule has 1 aliphatic carbocycles. The lowest BCUT2D eigenvalue weighted by atomic mass is 9.97. The van der Waals surface area contributed by atoms with Gasteiger partial charge in [0.25, 0.3) is 0 Å². The van der Waals surface area contributed by atoms with Crippen molar-refractivity contribution >= 4 is 17.3 Å². The number of carbonyl (C=O) groups excluding carboxylic acids is 1. The van der Waals surface area contributed by atoms with Crippen LogP contribution in [0.3, 0.4) is 0 Å². The van der Waals surface area contributed by atoms with Crippen molar-refractivity contribution < 1.29 is 9.53 Å².